The van der Waals surface area contributed by atoms with Crippen LogP contribution in [0.25, 0.3) is 0 Å². The maximum Gasteiger partial charge on any atom is 0.337 e. The van der Waals surface area contributed by atoms with Crippen LogP contribution in [0.15, 0.2) is 66.9 Å². The van der Waals surface area contributed by atoms with Crippen LogP contribution in [0.2, 0.25) is 0 Å². The van der Waals surface area contributed by atoms with Crippen molar-refractivity contribution in [3.8, 4) is 5.75 Å². The van der Waals surface area contributed by atoms with Gasteiger partial charge in [-0.15, -0.1) is 0 Å². The highest BCUT2D eigenvalue weighted by Crippen LogP contribution is 2.26. The first kappa shape index (κ1) is 18.9. The van der Waals surface area contributed by atoms with Gasteiger partial charge in [0, 0.05) is 17.4 Å². The second-order valence-electron chi connectivity index (χ2n) is 5.78. The van der Waals surface area contributed by atoms with Gasteiger partial charge in [0.2, 0.25) is 0 Å². The molecule has 1 amide bonds. The number of benzene rings is 2. The number of nitrogens with zero attached hydrogens (tertiary/aromatic N) is 1. The maximum atomic E-state index is 12.6. The number of carbonyl (C=O) groups excluding carboxylic acids is 2. The quantitative estimate of drug-likeness (QED) is 0.634. The molecule has 0 saturated carbocycles. The summed E-state index contributed by atoms with van der Waals surface area (Å²) in [5, 5.41) is 5.90. The molecule has 0 bridgehead atoms. The Morgan fingerprint density at radius 1 is 0.929 bits per heavy atom. The summed E-state index contributed by atoms with van der Waals surface area (Å²) in [6.07, 6.45) is 1.54. The Hall–Kier alpha value is -3.87. The number of amides is 1. The van der Waals surface area contributed by atoms with Crippen LogP contribution in [-0.2, 0) is 4.74 Å². The molecule has 2 N–H and O–H groups in total. The molecule has 0 saturated heterocycles. The van der Waals surface area contributed by atoms with Crippen molar-refractivity contribution in [1.82, 2.24) is 4.98 Å². The Labute approximate surface area is 162 Å². The maximum absolute atomic E-state index is 12.6. The third kappa shape index (κ3) is 4.45. The summed E-state index contributed by atoms with van der Waals surface area (Å²) in [4.78, 5) is 28.5. The van der Waals surface area contributed by atoms with E-state index in [1.807, 2.05) is 24.3 Å². The van der Waals surface area contributed by atoms with Gasteiger partial charge in [-0.25, -0.2) is 9.78 Å². The average molecular weight is 377 g/mol. The number of para-hydroxylation sites is 2. The normalized spacial score (nSPS) is 10.1. The molecule has 0 aliphatic rings. The van der Waals surface area contributed by atoms with E-state index in [4.69, 9.17) is 9.47 Å². The summed E-state index contributed by atoms with van der Waals surface area (Å²) in [7, 11) is 2.89. The minimum absolute atomic E-state index is 0.326. The number of hydrogen-bond donors (Lipinski definition) is 2. The Bertz CT molecular complexity index is 1000. The Kier molecular flexibility index (Phi) is 5.86. The Balaban J connectivity index is 1.76. The van der Waals surface area contributed by atoms with Gasteiger partial charge in [0.25, 0.3) is 5.91 Å². The van der Waals surface area contributed by atoms with E-state index in [0.717, 1.165) is 5.69 Å². The van der Waals surface area contributed by atoms with Crippen molar-refractivity contribution in [2.75, 3.05) is 24.9 Å². The number of pyridine rings is 1. The molecule has 0 fully saturated rings. The third-order valence-corrected chi connectivity index (χ3v) is 3.93. The van der Waals surface area contributed by atoms with Crippen LogP contribution < -0.4 is 15.4 Å². The molecular formula is C21H19N3O4. The van der Waals surface area contributed by atoms with Gasteiger partial charge in [0.15, 0.2) is 0 Å². The third-order valence-electron chi connectivity index (χ3n) is 3.93. The van der Waals surface area contributed by atoms with E-state index >= 15 is 0 Å². The summed E-state index contributed by atoms with van der Waals surface area (Å²) < 4.78 is 10.0. The predicted molar refractivity (Wildman–Crippen MR) is 106 cm³/mol. The average Bonchev–Trinajstić information content (AvgIpc) is 2.74. The summed E-state index contributed by atoms with van der Waals surface area (Å²) >= 11 is 0. The first-order valence-electron chi connectivity index (χ1n) is 8.46. The molecule has 0 aliphatic heterocycles. The van der Waals surface area contributed by atoms with Crippen LogP contribution in [0, 0.1) is 0 Å². The number of carbonyl (C=O) groups is 2. The van der Waals surface area contributed by atoms with Crippen LogP contribution in [0.5, 0.6) is 5.75 Å². The second kappa shape index (κ2) is 8.68. The lowest BCUT2D eigenvalue weighted by Crippen LogP contribution is -2.13. The fourth-order valence-corrected chi connectivity index (χ4v) is 2.57. The molecule has 1 heterocycles. The van der Waals surface area contributed by atoms with Gasteiger partial charge in [-0.05, 0) is 42.5 Å². The zero-order valence-electron chi connectivity index (χ0n) is 15.4. The first-order valence-corrected chi connectivity index (χ1v) is 8.46. The smallest absolute Gasteiger partial charge is 0.337 e. The lowest BCUT2D eigenvalue weighted by Gasteiger charge is -2.11. The number of methoxy groups -OCH3 is 2. The van der Waals surface area contributed by atoms with Crippen molar-refractivity contribution in [2.45, 2.75) is 0 Å². The van der Waals surface area contributed by atoms with E-state index < -0.39 is 5.97 Å². The lowest BCUT2D eigenvalue weighted by molar-refractivity contribution is 0.0600. The molecule has 3 aromatic rings. The molecule has 1 aromatic heterocycles. The number of rotatable bonds is 6. The van der Waals surface area contributed by atoms with Crippen molar-refractivity contribution in [3.05, 3.63) is 78.0 Å². The summed E-state index contributed by atoms with van der Waals surface area (Å²) in [6.45, 7) is 0. The van der Waals surface area contributed by atoms with Gasteiger partial charge in [-0.1, -0.05) is 18.2 Å². The number of esters is 1. The Morgan fingerprint density at radius 3 is 2.54 bits per heavy atom. The molecule has 7 heteroatoms. The Morgan fingerprint density at radius 2 is 1.75 bits per heavy atom. The van der Waals surface area contributed by atoms with Crippen molar-refractivity contribution >= 4 is 29.1 Å². The minimum atomic E-state index is -0.469. The highest BCUT2D eigenvalue weighted by atomic mass is 16.5. The monoisotopic (exact) mass is 377 g/mol. The molecule has 7 nitrogen and oxygen atoms in total. The van der Waals surface area contributed by atoms with E-state index in [1.165, 1.54) is 13.3 Å². The zero-order valence-corrected chi connectivity index (χ0v) is 15.4. The largest absolute Gasteiger partial charge is 0.495 e. The molecule has 0 radical (unpaired) electrons. The molecule has 0 atom stereocenters. The SMILES string of the molecule is COC(=O)c1cccc(NC(=O)c2ccnc(Nc3ccccc3OC)c2)c1. The van der Waals surface area contributed by atoms with E-state index in [9.17, 15) is 9.59 Å². The van der Waals surface area contributed by atoms with Gasteiger partial charge in [0.1, 0.15) is 11.6 Å². The van der Waals surface area contributed by atoms with Gasteiger partial charge in [0.05, 0.1) is 25.5 Å². The van der Waals surface area contributed by atoms with Crippen LogP contribution in [0.3, 0.4) is 0 Å². The fraction of sp³-hybridized carbons (Fsp3) is 0.0952. The highest BCUT2D eigenvalue weighted by molar-refractivity contribution is 6.05. The molecule has 3 rings (SSSR count). The predicted octanol–water partition coefficient (Wildman–Crippen LogP) is 3.87. The van der Waals surface area contributed by atoms with Crippen LogP contribution in [0.4, 0.5) is 17.2 Å². The number of hydrogen-bond acceptors (Lipinski definition) is 6. The van der Waals surface area contributed by atoms with Crippen molar-refractivity contribution in [1.29, 1.82) is 0 Å². The topological polar surface area (TPSA) is 89.5 Å². The number of ether oxygens (including phenoxy) is 2. The molecule has 0 spiro atoms. The van der Waals surface area contributed by atoms with E-state index in [0.29, 0.717) is 28.4 Å². The fourth-order valence-electron chi connectivity index (χ4n) is 2.57. The van der Waals surface area contributed by atoms with Gasteiger partial charge >= 0.3 is 5.97 Å². The molecule has 142 valence electrons. The van der Waals surface area contributed by atoms with Crippen molar-refractivity contribution in [2.24, 2.45) is 0 Å². The number of anilines is 3. The summed E-state index contributed by atoms with van der Waals surface area (Å²) in [6, 6.07) is 17.2. The molecule has 28 heavy (non-hydrogen) atoms. The summed E-state index contributed by atoms with van der Waals surface area (Å²) in [5.41, 5.74) is 1.99. The first-order chi connectivity index (χ1) is 13.6. The van der Waals surface area contributed by atoms with Crippen LogP contribution >= 0.6 is 0 Å². The summed E-state index contributed by atoms with van der Waals surface area (Å²) in [5.74, 6) is 0.370. The standard InChI is InChI=1S/C21H19N3O4/c1-27-18-9-4-3-8-17(18)24-19-13-14(10-11-22-19)20(25)23-16-7-5-6-15(12-16)21(26)28-2/h3-13H,1-2H3,(H,22,24)(H,23,25). The van der Waals surface area contributed by atoms with Gasteiger partial charge in [-0.2, -0.15) is 0 Å². The minimum Gasteiger partial charge on any atom is -0.495 e. The zero-order chi connectivity index (χ0) is 19.9. The molecule has 2 aromatic carbocycles. The van der Waals surface area contributed by atoms with E-state index in [1.54, 1.807) is 43.5 Å². The molecule has 0 unspecified atom stereocenters. The van der Waals surface area contributed by atoms with Gasteiger partial charge in [-0.3, -0.25) is 4.79 Å². The van der Waals surface area contributed by atoms with Gasteiger partial charge < -0.3 is 20.1 Å². The van der Waals surface area contributed by atoms with Crippen LogP contribution in [0.1, 0.15) is 20.7 Å². The van der Waals surface area contributed by atoms with Crippen molar-refractivity contribution < 1.29 is 19.1 Å². The molecular weight excluding hydrogens is 358 g/mol. The van der Waals surface area contributed by atoms with E-state index in [-0.39, 0.29) is 5.91 Å². The number of aromatic nitrogens is 1. The van der Waals surface area contributed by atoms with Crippen molar-refractivity contribution in [3.63, 3.8) is 0 Å². The highest BCUT2D eigenvalue weighted by Gasteiger charge is 2.11. The second-order valence-corrected chi connectivity index (χ2v) is 5.78. The van der Waals surface area contributed by atoms with E-state index in [2.05, 4.69) is 15.6 Å². The lowest BCUT2D eigenvalue weighted by atomic mass is 10.2. The number of nitrogens with one attached hydrogen (secondary N) is 2. The molecule has 0 aliphatic carbocycles. The van der Waals surface area contributed by atoms with Crippen LogP contribution in [-0.4, -0.2) is 31.1 Å².